The predicted molar refractivity (Wildman–Crippen MR) is 102 cm³/mol. The Labute approximate surface area is 155 Å². The lowest BCUT2D eigenvalue weighted by molar-refractivity contribution is -0.137. The normalized spacial score (nSPS) is 10.8. The molecule has 3 rings (SSSR count). The largest absolute Gasteiger partial charge is 0.468 e. The average Bonchev–Trinajstić information content (AvgIpc) is 3.22. The molecule has 5 nitrogen and oxygen atoms in total. The molecule has 25 heavy (non-hydrogen) atoms. The molecule has 0 amide bonds. The van der Waals surface area contributed by atoms with Crippen LogP contribution < -0.4 is 0 Å². The molecule has 0 atom stereocenters. The van der Waals surface area contributed by atoms with Crippen LogP contribution in [0.25, 0.3) is 22.5 Å². The van der Waals surface area contributed by atoms with Gasteiger partial charge in [0, 0.05) is 27.9 Å². The van der Waals surface area contributed by atoms with Gasteiger partial charge in [-0.3, -0.25) is 4.79 Å². The van der Waals surface area contributed by atoms with E-state index >= 15 is 0 Å². The molecule has 0 spiro atoms. The van der Waals surface area contributed by atoms with Crippen molar-refractivity contribution in [2.45, 2.75) is 25.5 Å². The number of hydrogen-bond donors (Lipinski definition) is 0. The number of ether oxygens (including phenoxy) is 1. The molecule has 0 aliphatic heterocycles. The quantitative estimate of drug-likeness (QED) is 0.477. The number of thioether (sulfide) groups is 1. The molecule has 3 aromatic rings. The second-order valence-corrected chi connectivity index (χ2v) is 7.39. The summed E-state index contributed by atoms with van der Waals surface area (Å²) in [6, 6.07) is 10.3. The minimum Gasteiger partial charge on any atom is -0.468 e. The van der Waals surface area contributed by atoms with Crippen molar-refractivity contribution in [1.82, 2.24) is 14.8 Å². The third-order valence-electron chi connectivity index (χ3n) is 3.86. The van der Waals surface area contributed by atoms with Gasteiger partial charge in [-0.1, -0.05) is 42.1 Å². The van der Waals surface area contributed by atoms with Crippen LogP contribution in [0.15, 0.2) is 40.9 Å². The Bertz CT molecular complexity index is 872. The van der Waals surface area contributed by atoms with Gasteiger partial charge >= 0.3 is 5.97 Å². The van der Waals surface area contributed by atoms with Crippen molar-refractivity contribution in [2.24, 2.45) is 0 Å². The number of thiophene rings is 1. The van der Waals surface area contributed by atoms with Gasteiger partial charge in [0.25, 0.3) is 0 Å². The van der Waals surface area contributed by atoms with Gasteiger partial charge in [-0.2, -0.15) is 0 Å². The summed E-state index contributed by atoms with van der Waals surface area (Å²) in [7, 11) is 1.39. The smallest absolute Gasteiger partial charge is 0.316 e. The molecule has 0 aliphatic rings. The maximum absolute atomic E-state index is 11.4. The van der Waals surface area contributed by atoms with Crippen LogP contribution in [-0.2, 0) is 16.1 Å². The Hall–Kier alpha value is -2.12. The topological polar surface area (TPSA) is 57.0 Å². The van der Waals surface area contributed by atoms with Gasteiger partial charge in [0.15, 0.2) is 11.0 Å². The standard InChI is InChI=1S/C18H19N3O2S2/c1-4-21-17(19-20-18(21)25-11-15(22)23-3)14-10-24-12(2)16(14)13-8-6-5-7-9-13/h5-10H,4,11H2,1-3H3. The Balaban J connectivity index is 2.01. The van der Waals surface area contributed by atoms with E-state index in [1.165, 1.54) is 34.9 Å². The third-order valence-corrected chi connectivity index (χ3v) is 5.71. The highest BCUT2D eigenvalue weighted by Crippen LogP contribution is 2.39. The zero-order valence-corrected chi connectivity index (χ0v) is 16.0. The first-order valence-electron chi connectivity index (χ1n) is 7.92. The van der Waals surface area contributed by atoms with Crippen molar-refractivity contribution in [3.8, 4) is 22.5 Å². The van der Waals surface area contributed by atoms with E-state index in [-0.39, 0.29) is 11.7 Å². The van der Waals surface area contributed by atoms with E-state index < -0.39 is 0 Å². The van der Waals surface area contributed by atoms with Crippen LogP contribution in [-0.4, -0.2) is 33.6 Å². The Morgan fingerprint density at radius 2 is 2.04 bits per heavy atom. The summed E-state index contributed by atoms with van der Waals surface area (Å²) in [5.74, 6) is 0.787. The number of aryl methyl sites for hydroxylation is 1. The molecule has 1 aromatic carbocycles. The summed E-state index contributed by atoms with van der Waals surface area (Å²) in [5.41, 5.74) is 3.44. The summed E-state index contributed by atoms with van der Waals surface area (Å²) in [6.07, 6.45) is 0. The molecule has 7 heteroatoms. The number of hydrogen-bond acceptors (Lipinski definition) is 6. The molecule has 0 saturated carbocycles. The number of aromatic nitrogens is 3. The van der Waals surface area contributed by atoms with Crippen LogP contribution in [0.5, 0.6) is 0 Å². The van der Waals surface area contributed by atoms with E-state index in [1.807, 2.05) is 22.8 Å². The van der Waals surface area contributed by atoms with Gasteiger partial charge in [-0.05, 0) is 19.4 Å². The molecule has 130 valence electrons. The monoisotopic (exact) mass is 373 g/mol. The fourth-order valence-electron chi connectivity index (χ4n) is 2.65. The number of carbonyl (C=O) groups excluding carboxylic acids is 1. The summed E-state index contributed by atoms with van der Waals surface area (Å²) in [5, 5.41) is 11.5. The zero-order chi connectivity index (χ0) is 17.8. The molecule has 0 fully saturated rings. The van der Waals surface area contributed by atoms with E-state index in [1.54, 1.807) is 11.3 Å². The minimum atomic E-state index is -0.270. The number of rotatable bonds is 6. The minimum absolute atomic E-state index is 0.225. The fraction of sp³-hybridized carbons (Fsp3) is 0.278. The fourth-order valence-corrected chi connectivity index (χ4v) is 4.34. The number of methoxy groups -OCH3 is 1. The summed E-state index contributed by atoms with van der Waals surface area (Å²) < 4.78 is 6.74. The second-order valence-electron chi connectivity index (χ2n) is 5.36. The van der Waals surface area contributed by atoms with Crippen LogP contribution in [0.1, 0.15) is 11.8 Å². The number of benzene rings is 1. The van der Waals surface area contributed by atoms with Gasteiger partial charge in [0.1, 0.15) is 0 Å². The van der Waals surface area contributed by atoms with E-state index in [0.29, 0.717) is 0 Å². The lowest BCUT2D eigenvalue weighted by atomic mass is 10.0. The predicted octanol–water partition coefficient (Wildman–Crippen LogP) is 4.27. The van der Waals surface area contributed by atoms with Crippen LogP contribution in [0.2, 0.25) is 0 Å². The van der Waals surface area contributed by atoms with Crippen molar-refractivity contribution >= 4 is 29.1 Å². The van der Waals surface area contributed by atoms with Crippen LogP contribution in [0.4, 0.5) is 0 Å². The molecule has 0 N–H and O–H groups in total. The van der Waals surface area contributed by atoms with Crippen molar-refractivity contribution in [3.05, 3.63) is 40.6 Å². The molecule has 0 saturated heterocycles. The van der Waals surface area contributed by atoms with Gasteiger partial charge in [-0.15, -0.1) is 21.5 Å². The van der Waals surface area contributed by atoms with E-state index in [9.17, 15) is 4.79 Å². The molecular formula is C18H19N3O2S2. The van der Waals surface area contributed by atoms with Crippen LogP contribution in [0, 0.1) is 6.92 Å². The highest BCUT2D eigenvalue weighted by molar-refractivity contribution is 7.99. The maximum atomic E-state index is 11.4. The summed E-state index contributed by atoms with van der Waals surface area (Å²) >= 11 is 3.06. The molecule has 0 bridgehead atoms. The SMILES string of the molecule is CCn1c(SCC(=O)OC)nnc1-c1csc(C)c1-c1ccccc1. The first-order valence-corrected chi connectivity index (χ1v) is 9.79. The number of esters is 1. The van der Waals surface area contributed by atoms with Gasteiger partial charge in [0.05, 0.1) is 12.9 Å². The molecule has 0 radical (unpaired) electrons. The number of carbonyl (C=O) groups is 1. The Morgan fingerprint density at radius 3 is 2.72 bits per heavy atom. The maximum Gasteiger partial charge on any atom is 0.316 e. The van der Waals surface area contributed by atoms with Crippen LogP contribution >= 0.6 is 23.1 Å². The van der Waals surface area contributed by atoms with Gasteiger partial charge < -0.3 is 9.30 Å². The first-order chi connectivity index (χ1) is 12.2. The van der Waals surface area contributed by atoms with Gasteiger partial charge in [0.2, 0.25) is 0 Å². The van der Waals surface area contributed by atoms with E-state index in [2.05, 4.69) is 41.6 Å². The number of nitrogens with zero attached hydrogens (tertiary/aromatic N) is 3. The molecule has 2 aromatic heterocycles. The zero-order valence-electron chi connectivity index (χ0n) is 14.4. The van der Waals surface area contributed by atoms with Crippen molar-refractivity contribution in [1.29, 1.82) is 0 Å². The first kappa shape index (κ1) is 17.7. The van der Waals surface area contributed by atoms with Crippen molar-refractivity contribution in [3.63, 3.8) is 0 Å². The second kappa shape index (κ2) is 7.84. The summed E-state index contributed by atoms with van der Waals surface area (Å²) in [6.45, 7) is 4.90. The van der Waals surface area contributed by atoms with Crippen molar-refractivity contribution < 1.29 is 9.53 Å². The van der Waals surface area contributed by atoms with E-state index in [4.69, 9.17) is 4.74 Å². The molecular weight excluding hydrogens is 354 g/mol. The van der Waals surface area contributed by atoms with Gasteiger partial charge in [-0.25, -0.2) is 0 Å². The summed E-state index contributed by atoms with van der Waals surface area (Å²) in [4.78, 5) is 12.7. The van der Waals surface area contributed by atoms with Crippen LogP contribution in [0.3, 0.4) is 0 Å². The van der Waals surface area contributed by atoms with Crippen molar-refractivity contribution in [2.75, 3.05) is 12.9 Å². The molecule has 0 unspecified atom stereocenters. The Kier molecular flexibility index (Phi) is 5.55. The highest BCUT2D eigenvalue weighted by atomic mass is 32.2. The van der Waals surface area contributed by atoms with E-state index in [0.717, 1.165) is 23.1 Å². The highest BCUT2D eigenvalue weighted by Gasteiger charge is 2.20. The Morgan fingerprint density at radius 1 is 1.28 bits per heavy atom. The lowest BCUT2D eigenvalue weighted by Crippen LogP contribution is -2.05. The third kappa shape index (κ3) is 3.62. The molecule has 2 heterocycles. The molecule has 0 aliphatic carbocycles. The average molecular weight is 374 g/mol. The lowest BCUT2D eigenvalue weighted by Gasteiger charge is -2.09.